The maximum atomic E-state index is 14.6. The molecule has 21 heavy (non-hydrogen) atoms. The van der Waals surface area contributed by atoms with Crippen LogP contribution in [0.25, 0.3) is 0 Å². The van der Waals surface area contributed by atoms with E-state index in [1.807, 2.05) is 19.2 Å². The lowest BCUT2D eigenvalue weighted by Crippen LogP contribution is -2.54. The third kappa shape index (κ3) is 3.22. The molecule has 1 aromatic rings. The number of hydrogen-bond donors (Lipinski definition) is 1. The fourth-order valence-corrected chi connectivity index (χ4v) is 3.45. The molecule has 1 atom stereocenters. The average molecular weight is 294 g/mol. The number of nitrogens with one attached hydrogen (secondary N) is 1. The van der Waals surface area contributed by atoms with Crippen LogP contribution in [0.5, 0.6) is 5.75 Å². The normalized spacial score (nSPS) is 18.5. The molecule has 1 fully saturated rings. The van der Waals surface area contributed by atoms with Gasteiger partial charge in [0.05, 0.1) is 13.2 Å². The Morgan fingerprint density at radius 3 is 2.48 bits per heavy atom. The van der Waals surface area contributed by atoms with Crippen molar-refractivity contribution in [2.75, 3.05) is 27.2 Å². The van der Waals surface area contributed by atoms with Crippen LogP contribution < -0.4 is 10.1 Å². The fraction of sp³-hybridized carbons (Fsp3) is 0.647. The molecule has 0 aliphatic carbocycles. The highest BCUT2D eigenvalue weighted by Gasteiger charge is 2.37. The molecule has 0 amide bonds. The third-order valence-corrected chi connectivity index (χ3v) is 4.69. The Morgan fingerprint density at radius 2 is 1.90 bits per heavy atom. The van der Waals surface area contributed by atoms with Gasteiger partial charge in [-0.25, -0.2) is 4.39 Å². The highest BCUT2D eigenvalue weighted by atomic mass is 19.1. The molecule has 0 radical (unpaired) electrons. The lowest BCUT2D eigenvalue weighted by Gasteiger charge is -2.46. The molecular weight excluding hydrogens is 267 g/mol. The van der Waals surface area contributed by atoms with Crippen LogP contribution in [0, 0.1) is 5.82 Å². The van der Waals surface area contributed by atoms with Gasteiger partial charge < -0.3 is 10.1 Å². The molecule has 1 heterocycles. The van der Waals surface area contributed by atoms with E-state index >= 15 is 0 Å². The molecule has 0 aromatic heterocycles. The van der Waals surface area contributed by atoms with Crippen molar-refractivity contribution in [3.63, 3.8) is 0 Å². The van der Waals surface area contributed by atoms with E-state index in [0.717, 1.165) is 13.1 Å². The van der Waals surface area contributed by atoms with Crippen molar-refractivity contribution in [1.82, 2.24) is 10.2 Å². The Morgan fingerprint density at radius 1 is 1.24 bits per heavy atom. The van der Waals surface area contributed by atoms with Crippen molar-refractivity contribution in [3.8, 4) is 5.75 Å². The van der Waals surface area contributed by atoms with E-state index in [0.29, 0.717) is 11.3 Å². The summed E-state index contributed by atoms with van der Waals surface area (Å²) >= 11 is 0. The smallest absolute Gasteiger partial charge is 0.169 e. The van der Waals surface area contributed by atoms with Gasteiger partial charge in [0.15, 0.2) is 11.6 Å². The maximum Gasteiger partial charge on any atom is 0.169 e. The molecule has 3 nitrogen and oxygen atoms in total. The number of piperidine rings is 1. The van der Waals surface area contributed by atoms with E-state index in [9.17, 15) is 4.39 Å². The number of halogens is 1. The second-order valence-electron chi connectivity index (χ2n) is 6.29. The molecule has 2 rings (SSSR count). The van der Waals surface area contributed by atoms with Gasteiger partial charge in [0.25, 0.3) is 0 Å². The minimum atomic E-state index is -0.260. The van der Waals surface area contributed by atoms with Crippen LogP contribution in [-0.2, 0) is 0 Å². The summed E-state index contributed by atoms with van der Waals surface area (Å²) in [5.74, 6) is 0.0478. The SMILES string of the molecule is CNC(c1cccc(OC)c1F)C(C)(C)N1CCCCC1. The van der Waals surface area contributed by atoms with Gasteiger partial charge in [0, 0.05) is 11.1 Å². The van der Waals surface area contributed by atoms with E-state index in [1.165, 1.54) is 26.4 Å². The molecule has 4 heteroatoms. The zero-order chi connectivity index (χ0) is 15.5. The van der Waals surface area contributed by atoms with Gasteiger partial charge in [-0.15, -0.1) is 0 Å². The first-order chi connectivity index (χ1) is 10.0. The van der Waals surface area contributed by atoms with Crippen LogP contribution in [0.3, 0.4) is 0 Å². The number of benzene rings is 1. The summed E-state index contributed by atoms with van der Waals surface area (Å²) in [6.07, 6.45) is 3.74. The van der Waals surface area contributed by atoms with Gasteiger partial charge in [0.2, 0.25) is 0 Å². The zero-order valence-corrected chi connectivity index (χ0v) is 13.6. The molecule has 1 N–H and O–H groups in total. The summed E-state index contributed by atoms with van der Waals surface area (Å²) in [6.45, 7) is 6.55. The van der Waals surface area contributed by atoms with Crippen LogP contribution >= 0.6 is 0 Å². The predicted molar refractivity (Wildman–Crippen MR) is 84.3 cm³/mol. The minimum absolute atomic E-state index is 0.0781. The molecule has 0 spiro atoms. The lowest BCUT2D eigenvalue weighted by molar-refractivity contribution is 0.0620. The van der Waals surface area contributed by atoms with Crippen LogP contribution in [0.2, 0.25) is 0 Å². The molecule has 118 valence electrons. The number of ether oxygens (including phenoxy) is 1. The van der Waals surface area contributed by atoms with E-state index in [-0.39, 0.29) is 17.4 Å². The number of nitrogens with zero attached hydrogens (tertiary/aromatic N) is 1. The maximum absolute atomic E-state index is 14.6. The molecule has 1 unspecified atom stereocenters. The number of hydrogen-bond acceptors (Lipinski definition) is 3. The summed E-state index contributed by atoms with van der Waals surface area (Å²) in [5.41, 5.74) is 0.523. The number of likely N-dealkylation sites (tertiary alicyclic amines) is 1. The van der Waals surface area contributed by atoms with Gasteiger partial charge in [-0.3, -0.25) is 4.90 Å². The van der Waals surface area contributed by atoms with Crippen LogP contribution in [-0.4, -0.2) is 37.7 Å². The first-order valence-electron chi connectivity index (χ1n) is 7.77. The Hall–Kier alpha value is -1.13. The van der Waals surface area contributed by atoms with E-state index in [2.05, 4.69) is 24.1 Å². The molecule has 1 aromatic carbocycles. The van der Waals surface area contributed by atoms with Gasteiger partial charge in [-0.2, -0.15) is 0 Å². The van der Waals surface area contributed by atoms with Crippen molar-refractivity contribution in [1.29, 1.82) is 0 Å². The summed E-state index contributed by atoms with van der Waals surface area (Å²) in [6, 6.07) is 5.29. The molecule has 1 saturated heterocycles. The number of likely N-dealkylation sites (N-methyl/N-ethyl adjacent to an activating group) is 1. The molecule has 0 bridgehead atoms. The molecule has 1 aliphatic rings. The summed E-state index contributed by atoms with van der Waals surface area (Å²) < 4.78 is 19.7. The van der Waals surface area contributed by atoms with E-state index in [1.54, 1.807) is 6.07 Å². The summed E-state index contributed by atoms with van der Waals surface area (Å²) in [4.78, 5) is 2.47. The van der Waals surface area contributed by atoms with Gasteiger partial charge >= 0.3 is 0 Å². The summed E-state index contributed by atoms with van der Waals surface area (Å²) in [7, 11) is 3.40. The largest absolute Gasteiger partial charge is 0.494 e. The van der Waals surface area contributed by atoms with Crippen molar-refractivity contribution >= 4 is 0 Å². The monoisotopic (exact) mass is 294 g/mol. The topological polar surface area (TPSA) is 24.5 Å². The predicted octanol–water partition coefficient (Wildman–Crippen LogP) is 3.36. The second-order valence-corrected chi connectivity index (χ2v) is 6.29. The van der Waals surface area contributed by atoms with Crippen LogP contribution in [0.1, 0.15) is 44.7 Å². The molecular formula is C17H27FN2O. The Balaban J connectivity index is 2.33. The third-order valence-electron chi connectivity index (χ3n) is 4.69. The van der Waals surface area contributed by atoms with Crippen molar-refractivity contribution in [2.24, 2.45) is 0 Å². The minimum Gasteiger partial charge on any atom is -0.494 e. The Kier molecular flexibility index (Phi) is 5.22. The van der Waals surface area contributed by atoms with E-state index in [4.69, 9.17) is 4.74 Å². The van der Waals surface area contributed by atoms with Crippen molar-refractivity contribution in [2.45, 2.75) is 44.7 Å². The average Bonchev–Trinajstić information content (AvgIpc) is 2.50. The van der Waals surface area contributed by atoms with Crippen LogP contribution in [0.4, 0.5) is 4.39 Å². The Bertz CT molecular complexity index is 470. The van der Waals surface area contributed by atoms with Crippen molar-refractivity contribution < 1.29 is 9.13 Å². The second kappa shape index (κ2) is 6.75. The number of methoxy groups -OCH3 is 1. The summed E-state index contributed by atoms with van der Waals surface area (Å²) in [5, 5.41) is 3.31. The fourth-order valence-electron chi connectivity index (χ4n) is 3.45. The van der Waals surface area contributed by atoms with E-state index < -0.39 is 0 Å². The molecule has 0 saturated carbocycles. The van der Waals surface area contributed by atoms with Crippen LogP contribution in [0.15, 0.2) is 18.2 Å². The van der Waals surface area contributed by atoms with Gasteiger partial charge in [-0.05, 0) is 52.9 Å². The zero-order valence-electron chi connectivity index (χ0n) is 13.6. The Labute approximate surface area is 127 Å². The first-order valence-corrected chi connectivity index (χ1v) is 7.77. The van der Waals surface area contributed by atoms with Gasteiger partial charge in [-0.1, -0.05) is 18.6 Å². The number of rotatable bonds is 5. The molecule has 1 aliphatic heterocycles. The van der Waals surface area contributed by atoms with Crippen molar-refractivity contribution in [3.05, 3.63) is 29.6 Å². The highest BCUT2D eigenvalue weighted by Crippen LogP contribution is 2.36. The van der Waals surface area contributed by atoms with Gasteiger partial charge in [0.1, 0.15) is 0 Å². The highest BCUT2D eigenvalue weighted by molar-refractivity contribution is 5.34. The standard InChI is InChI=1S/C17H27FN2O/c1-17(2,20-11-6-5-7-12-20)16(19-3)13-9-8-10-14(21-4)15(13)18/h8-10,16,19H,5-7,11-12H2,1-4H3. The lowest BCUT2D eigenvalue weighted by atomic mass is 9.85. The first kappa shape index (κ1) is 16.2. The quantitative estimate of drug-likeness (QED) is 0.901.